The van der Waals surface area contributed by atoms with E-state index in [-0.39, 0.29) is 18.0 Å². The predicted octanol–water partition coefficient (Wildman–Crippen LogP) is 3.24. The van der Waals surface area contributed by atoms with Crippen LogP contribution in [0.3, 0.4) is 0 Å². The van der Waals surface area contributed by atoms with Gasteiger partial charge in [-0.05, 0) is 17.7 Å². The highest BCUT2D eigenvalue weighted by molar-refractivity contribution is 9.09. The molecule has 2 amide bonds. The maximum absolute atomic E-state index is 13.2. The fourth-order valence-corrected chi connectivity index (χ4v) is 2.89. The zero-order valence-corrected chi connectivity index (χ0v) is 18.4. The third-order valence-electron chi connectivity index (χ3n) is 4.34. The van der Waals surface area contributed by atoms with E-state index in [0.29, 0.717) is 12.1 Å². The minimum absolute atomic E-state index is 0.0170. The van der Waals surface area contributed by atoms with Gasteiger partial charge >= 0.3 is 10.7 Å². The zero-order valence-electron chi connectivity index (χ0n) is 16.8. The molecule has 1 heterocycles. The molecule has 0 aliphatic rings. The van der Waals surface area contributed by atoms with Gasteiger partial charge in [-0.3, -0.25) is 9.59 Å². The van der Waals surface area contributed by atoms with Crippen LogP contribution in [0.2, 0.25) is 0 Å². The molecule has 3 rings (SSSR count). The molecule has 0 aliphatic heterocycles. The van der Waals surface area contributed by atoms with Gasteiger partial charge in [0, 0.05) is 40.7 Å². The fraction of sp³-hybridized carbons (Fsp3) is 0.238. The van der Waals surface area contributed by atoms with E-state index in [1.54, 1.807) is 0 Å². The van der Waals surface area contributed by atoms with Crippen molar-refractivity contribution >= 4 is 27.7 Å². The first kappa shape index (κ1) is 23.5. The van der Waals surface area contributed by atoms with Gasteiger partial charge in [-0.1, -0.05) is 47.6 Å². The van der Waals surface area contributed by atoms with Gasteiger partial charge in [-0.25, -0.2) is 0 Å². The molecule has 0 saturated heterocycles. The summed E-state index contributed by atoms with van der Waals surface area (Å²) in [4.78, 5) is 25.3. The lowest BCUT2D eigenvalue weighted by atomic mass is 10.1. The number of amides is 2. The number of methoxy groups -OCH3 is 1. The molecule has 32 heavy (non-hydrogen) atoms. The van der Waals surface area contributed by atoms with Crippen LogP contribution in [0.4, 0.5) is 8.78 Å². The average molecular weight is 509 g/mol. The normalized spacial score (nSPS) is 12.2. The fourth-order valence-electron chi connectivity index (χ4n) is 2.73. The summed E-state index contributed by atoms with van der Waals surface area (Å²) >= 11 is 2.15. The monoisotopic (exact) mass is 508 g/mol. The van der Waals surface area contributed by atoms with Crippen LogP contribution in [0.15, 0.2) is 59.1 Å². The van der Waals surface area contributed by atoms with Gasteiger partial charge in [0.25, 0.3) is 5.91 Å². The van der Waals surface area contributed by atoms with Crippen molar-refractivity contribution in [3.63, 3.8) is 0 Å². The lowest BCUT2D eigenvalue weighted by Gasteiger charge is -2.18. The highest BCUT2D eigenvalue weighted by Crippen LogP contribution is 2.34. The van der Waals surface area contributed by atoms with Gasteiger partial charge in [-0.15, -0.1) is 0 Å². The Hall–Kier alpha value is -3.18. The molecule has 0 aliphatic carbocycles. The number of hydrogen-bond donors (Lipinski definition) is 2. The van der Waals surface area contributed by atoms with Crippen LogP contribution < -0.4 is 10.6 Å². The number of alkyl halides is 3. The number of carbonyl (C=O) groups is 2. The Bertz CT molecular complexity index is 1060. The smallest absolute Gasteiger partial charge is 0.378 e. The Morgan fingerprint density at radius 3 is 2.44 bits per heavy atom. The number of nitrogens with zero attached hydrogens (tertiary/aromatic N) is 2. The number of rotatable bonds is 9. The lowest BCUT2D eigenvalue weighted by Crippen LogP contribution is -2.49. The third kappa shape index (κ3) is 6.17. The summed E-state index contributed by atoms with van der Waals surface area (Å²) in [5.41, 5.74) is 1.55. The second-order valence-corrected chi connectivity index (χ2v) is 7.68. The van der Waals surface area contributed by atoms with Gasteiger partial charge in [-0.2, -0.15) is 13.8 Å². The zero-order chi connectivity index (χ0) is 23.1. The van der Waals surface area contributed by atoms with Crippen LogP contribution in [0.5, 0.6) is 0 Å². The molecular formula is C21H19BrF2N4O4. The molecule has 168 valence electrons. The first-order valence-electron chi connectivity index (χ1n) is 9.40. The summed E-state index contributed by atoms with van der Waals surface area (Å²) in [6, 6.07) is 14.3. The first-order chi connectivity index (χ1) is 15.3. The summed E-state index contributed by atoms with van der Waals surface area (Å²) in [6.45, 7) is 0.293. The van der Waals surface area contributed by atoms with Crippen LogP contribution in [-0.2, 0) is 20.9 Å². The first-order valence-corrected chi connectivity index (χ1v) is 10.2. The number of aromatic nitrogens is 2. The molecule has 1 aromatic heterocycles. The van der Waals surface area contributed by atoms with Gasteiger partial charge in [0.2, 0.25) is 11.7 Å². The predicted molar refractivity (Wildman–Crippen MR) is 114 cm³/mol. The van der Waals surface area contributed by atoms with E-state index >= 15 is 0 Å². The van der Waals surface area contributed by atoms with Gasteiger partial charge in [0.15, 0.2) is 0 Å². The van der Waals surface area contributed by atoms with Crippen molar-refractivity contribution in [1.82, 2.24) is 20.8 Å². The summed E-state index contributed by atoms with van der Waals surface area (Å²) in [7, 11) is 1.42. The molecule has 0 spiro atoms. The SMILES string of the molecule is COC[C@@H](NC(=O)c1ccc(-c2noc(C(F)(F)Br)n2)cc1)C(=O)NCc1ccccc1. The van der Waals surface area contributed by atoms with E-state index < -0.39 is 28.6 Å². The molecule has 0 radical (unpaired) electrons. The Kier molecular flexibility index (Phi) is 7.65. The van der Waals surface area contributed by atoms with E-state index in [4.69, 9.17) is 4.74 Å². The van der Waals surface area contributed by atoms with Gasteiger partial charge < -0.3 is 19.9 Å². The molecule has 3 aromatic rings. The highest BCUT2D eigenvalue weighted by Gasteiger charge is 2.35. The van der Waals surface area contributed by atoms with Gasteiger partial charge in [0.1, 0.15) is 6.04 Å². The van der Waals surface area contributed by atoms with Crippen molar-refractivity contribution in [1.29, 1.82) is 0 Å². The van der Waals surface area contributed by atoms with Crippen LogP contribution >= 0.6 is 15.9 Å². The largest absolute Gasteiger partial charge is 0.382 e. The standard InChI is InChI=1S/C21H19BrF2N4O4/c1-31-12-16(19(30)25-11-13-5-3-2-4-6-13)26-18(29)15-9-7-14(8-10-15)17-27-20(32-28-17)21(22,23)24/h2-10,16H,11-12H2,1H3,(H,25,30)(H,26,29)/t16-/m1/s1. The maximum atomic E-state index is 13.2. The summed E-state index contributed by atoms with van der Waals surface area (Å²) < 4.78 is 35.9. The minimum Gasteiger partial charge on any atom is -0.382 e. The van der Waals surface area contributed by atoms with E-state index in [1.165, 1.54) is 31.4 Å². The van der Waals surface area contributed by atoms with Crippen molar-refractivity contribution in [3.8, 4) is 11.4 Å². The molecule has 2 N–H and O–H groups in total. The Labute approximate surface area is 190 Å². The highest BCUT2D eigenvalue weighted by atomic mass is 79.9. The molecule has 11 heteroatoms. The van der Waals surface area contributed by atoms with Crippen molar-refractivity contribution in [3.05, 3.63) is 71.6 Å². The van der Waals surface area contributed by atoms with E-state index in [9.17, 15) is 18.4 Å². The number of benzene rings is 2. The molecule has 8 nitrogen and oxygen atoms in total. The van der Waals surface area contributed by atoms with Crippen molar-refractivity contribution < 1.29 is 27.6 Å². The Balaban J connectivity index is 1.63. The van der Waals surface area contributed by atoms with Gasteiger partial charge in [0.05, 0.1) is 6.61 Å². The number of hydrogen-bond acceptors (Lipinski definition) is 6. The summed E-state index contributed by atoms with van der Waals surface area (Å²) in [5, 5.41) is 8.89. The second-order valence-electron chi connectivity index (χ2n) is 6.68. The van der Waals surface area contributed by atoms with Crippen molar-refractivity contribution in [2.45, 2.75) is 17.4 Å². The number of halogens is 3. The van der Waals surface area contributed by atoms with Crippen LogP contribution in [0.1, 0.15) is 21.8 Å². The van der Waals surface area contributed by atoms with Crippen LogP contribution in [0, 0.1) is 0 Å². The number of ether oxygens (including phenoxy) is 1. The molecule has 0 unspecified atom stereocenters. The quantitative estimate of drug-likeness (QED) is 0.429. The average Bonchev–Trinajstić information content (AvgIpc) is 3.29. The lowest BCUT2D eigenvalue weighted by molar-refractivity contribution is -0.124. The van der Waals surface area contributed by atoms with E-state index in [2.05, 4.69) is 41.2 Å². The Morgan fingerprint density at radius 2 is 1.84 bits per heavy atom. The second kappa shape index (κ2) is 10.4. The van der Waals surface area contributed by atoms with Crippen molar-refractivity contribution in [2.75, 3.05) is 13.7 Å². The van der Waals surface area contributed by atoms with Crippen molar-refractivity contribution in [2.24, 2.45) is 0 Å². The number of carbonyl (C=O) groups excluding carboxylic acids is 2. The van der Waals surface area contributed by atoms with Crippen LogP contribution in [-0.4, -0.2) is 41.7 Å². The molecule has 0 saturated carbocycles. The maximum Gasteiger partial charge on any atom is 0.378 e. The molecule has 2 aromatic carbocycles. The molecule has 0 bridgehead atoms. The van der Waals surface area contributed by atoms with E-state index in [1.807, 2.05) is 30.3 Å². The Morgan fingerprint density at radius 1 is 1.16 bits per heavy atom. The number of nitrogens with one attached hydrogen (secondary N) is 2. The molecule has 1 atom stereocenters. The van der Waals surface area contributed by atoms with Crippen LogP contribution in [0.25, 0.3) is 11.4 Å². The van der Waals surface area contributed by atoms with E-state index in [0.717, 1.165) is 5.56 Å². The molecular weight excluding hydrogens is 490 g/mol. The topological polar surface area (TPSA) is 106 Å². The third-order valence-corrected chi connectivity index (χ3v) is 4.68. The molecule has 0 fully saturated rings. The summed E-state index contributed by atoms with van der Waals surface area (Å²) in [5.74, 6) is -1.83. The minimum atomic E-state index is -3.43. The summed E-state index contributed by atoms with van der Waals surface area (Å²) in [6.07, 6.45) is 0.